The Bertz CT molecular complexity index is 355. The van der Waals surface area contributed by atoms with Crippen molar-refractivity contribution in [3.05, 3.63) is 34.3 Å². The molecule has 2 N–H and O–H groups in total. The minimum atomic E-state index is 0.0536. The molecule has 0 heterocycles. The smallest absolute Gasteiger partial charge is 0.0228 e. The Morgan fingerprint density at radius 1 is 1.27 bits per heavy atom. The third kappa shape index (κ3) is 2.11. The van der Waals surface area contributed by atoms with Crippen molar-refractivity contribution >= 4 is 15.9 Å². The summed E-state index contributed by atoms with van der Waals surface area (Å²) in [5.74, 6) is 1.07. The molecule has 15 heavy (non-hydrogen) atoms. The zero-order valence-corrected chi connectivity index (χ0v) is 10.9. The molecule has 82 valence electrons. The van der Waals surface area contributed by atoms with Gasteiger partial charge in [-0.25, -0.2) is 0 Å². The largest absolute Gasteiger partial charge is 0.325 e. The fourth-order valence-corrected chi connectivity index (χ4v) is 3.05. The predicted octanol–water partition coefficient (Wildman–Crippen LogP) is 3.68. The second kappa shape index (κ2) is 3.91. The molecule has 0 aromatic heterocycles. The van der Waals surface area contributed by atoms with Crippen molar-refractivity contribution < 1.29 is 0 Å². The molecule has 0 bridgehead atoms. The Balaban J connectivity index is 2.37. The van der Waals surface area contributed by atoms with Gasteiger partial charge in [-0.2, -0.15) is 0 Å². The van der Waals surface area contributed by atoms with Gasteiger partial charge in [-0.3, -0.25) is 0 Å². The average molecular weight is 268 g/mol. The molecule has 1 saturated carbocycles. The minimum absolute atomic E-state index is 0.0536. The van der Waals surface area contributed by atoms with Crippen LogP contribution in [0.4, 0.5) is 0 Å². The maximum Gasteiger partial charge on any atom is 0.0228 e. The van der Waals surface area contributed by atoms with E-state index >= 15 is 0 Å². The quantitative estimate of drug-likeness (QED) is 0.889. The molecule has 0 amide bonds. The van der Waals surface area contributed by atoms with Crippen LogP contribution < -0.4 is 5.73 Å². The molecule has 1 nitrogen and oxygen atoms in total. The Labute approximate surface area is 100 Å². The lowest BCUT2D eigenvalue weighted by Crippen LogP contribution is -2.34. The van der Waals surface area contributed by atoms with Gasteiger partial charge in [0.1, 0.15) is 0 Å². The van der Waals surface area contributed by atoms with Gasteiger partial charge >= 0.3 is 0 Å². The molecule has 1 aromatic rings. The van der Waals surface area contributed by atoms with Gasteiger partial charge in [0.15, 0.2) is 0 Å². The molecule has 2 rings (SSSR count). The lowest BCUT2D eigenvalue weighted by molar-refractivity contribution is 0.402. The molecule has 1 aliphatic carbocycles. The van der Waals surface area contributed by atoms with E-state index in [4.69, 9.17) is 5.73 Å². The predicted molar refractivity (Wildman–Crippen MR) is 67.9 cm³/mol. The normalized spacial score (nSPS) is 20.3. The summed E-state index contributed by atoms with van der Waals surface area (Å²) in [5.41, 5.74) is 7.79. The molecule has 0 spiro atoms. The molecule has 0 radical (unpaired) electrons. The summed E-state index contributed by atoms with van der Waals surface area (Å²) in [6, 6.07) is 8.46. The molecular formula is C13H18BrN. The van der Waals surface area contributed by atoms with E-state index in [1.807, 2.05) is 0 Å². The lowest BCUT2D eigenvalue weighted by Gasteiger charge is -2.28. The molecule has 1 atom stereocenters. The first-order valence-corrected chi connectivity index (χ1v) is 6.37. The van der Waals surface area contributed by atoms with Crippen LogP contribution in [0.5, 0.6) is 0 Å². The first kappa shape index (κ1) is 11.2. The highest BCUT2D eigenvalue weighted by Gasteiger charge is 2.47. The number of hydrogen-bond donors (Lipinski definition) is 1. The molecule has 0 saturated heterocycles. The van der Waals surface area contributed by atoms with E-state index in [0.29, 0.717) is 11.8 Å². The van der Waals surface area contributed by atoms with Crippen molar-refractivity contribution in [1.82, 2.24) is 0 Å². The summed E-state index contributed by atoms with van der Waals surface area (Å²) in [6.45, 7) is 4.52. The first-order valence-electron chi connectivity index (χ1n) is 5.58. The van der Waals surface area contributed by atoms with E-state index in [0.717, 1.165) is 12.8 Å². The Kier molecular flexibility index (Phi) is 2.91. The second-order valence-corrected chi connectivity index (χ2v) is 5.83. The lowest BCUT2D eigenvalue weighted by atomic mass is 9.81. The highest BCUT2D eigenvalue weighted by atomic mass is 79.9. The van der Waals surface area contributed by atoms with Crippen molar-refractivity contribution in [2.24, 2.45) is 11.7 Å². The summed E-state index contributed by atoms with van der Waals surface area (Å²) in [5, 5.41) is 0. The third-order valence-corrected chi connectivity index (χ3v) is 4.08. The van der Waals surface area contributed by atoms with Crippen molar-refractivity contribution in [3.8, 4) is 0 Å². The molecule has 1 aromatic carbocycles. The summed E-state index contributed by atoms with van der Waals surface area (Å²) < 4.78 is 1.19. The Hall–Kier alpha value is -0.340. The Morgan fingerprint density at radius 2 is 1.87 bits per heavy atom. The fraction of sp³-hybridized carbons (Fsp3) is 0.538. The van der Waals surface area contributed by atoms with E-state index in [1.165, 1.54) is 10.0 Å². The second-order valence-electron chi connectivity index (χ2n) is 4.98. The topological polar surface area (TPSA) is 26.0 Å². The minimum Gasteiger partial charge on any atom is -0.325 e. The van der Waals surface area contributed by atoms with Gasteiger partial charge in [-0.05, 0) is 30.4 Å². The standard InChI is InChI=1S/C13H18BrN/c1-9(2)12(13(15)7-8-13)10-5-3-4-6-11(10)14/h3-6,9,12H,7-8,15H2,1-2H3. The number of halogens is 1. The number of rotatable bonds is 3. The highest BCUT2D eigenvalue weighted by molar-refractivity contribution is 9.10. The van der Waals surface area contributed by atoms with Crippen molar-refractivity contribution in [1.29, 1.82) is 0 Å². The van der Waals surface area contributed by atoms with Crippen molar-refractivity contribution in [2.75, 3.05) is 0 Å². The SMILES string of the molecule is CC(C)C(c1ccccc1Br)C1(N)CC1. The maximum atomic E-state index is 6.37. The molecule has 1 fully saturated rings. The first-order chi connectivity index (χ1) is 7.04. The van der Waals surface area contributed by atoms with Gasteiger partial charge in [0, 0.05) is 15.9 Å². The summed E-state index contributed by atoms with van der Waals surface area (Å²) in [7, 11) is 0. The zero-order chi connectivity index (χ0) is 11.1. The molecule has 1 aliphatic rings. The van der Waals surface area contributed by atoms with E-state index in [1.54, 1.807) is 0 Å². The van der Waals surface area contributed by atoms with Crippen molar-refractivity contribution in [2.45, 2.75) is 38.1 Å². The molecule has 2 heteroatoms. The number of benzene rings is 1. The molecule has 1 unspecified atom stereocenters. The van der Waals surface area contributed by atoms with E-state index in [-0.39, 0.29) is 5.54 Å². The zero-order valence-electron chi connectivity index (χ0n) is 9.33. The summed E-state index contributed by atoms with van der Waals surface area (Å²) in [6.07, 6.45) is 2.33. The van der Waals surface area contributed by atoms with Gasteiger partial charge < -0.3 is 5.73 Å². The number of hydrogen-bond acceptors (Lipinski definition) is 1. The van der Waals surface area contributed by atoms with Crippen molar-refractivity contribution in [3.63, 3.8) is 0 Å². The molecule has 0 aliphatic heterocycles. The number of nitrogens with two attached hydrogens (primary N) is 1. The van der Waals surface area contributed by atoms with E-state index in [9.17, 15) is 0 Å². The van der Waals surface area contributed by atoms with Crippen LogP contribution >= 0.6 is 15.9 Å². The van der Waals surface area contributed by atoms with Crippen LogP contribution in [-0.2, 0) is 0 Å². The average Bonchev–Trinajstić information content (AvgIpc) is 2.88. The van der Waals surface area contributed by atoms with Crippen LogP contribution in [0.3, 0.4) is 0 Å². The summed E-state index contributed by atoms with van der Waals surface area (Å²) in [4.78, 5) is 0. The monoisotopic (exact) mass is 267 g/mol. The fourth-order valence-electron chi connectivity index (χ4n) is 2.52. The van der Waals surface area contributed by atoms with Gasteiger partial charge in [0.2, 0.25) is 0 Å². The van der Waals surface area contributed by atoms with E-state index in [2.05, 4.69) is 54.0 Å². The van der Waals surface area contributed by atoms with Crippen LogP contribution in [0.2, 0.25) is 0 Å². The van der Waals surface area contributed by atoms with Gasteiger partial charge in [0.05, 0.1) is 0 Å². The van der Waals surface area contributed by atoms with Gasteiger partial charge in [-0.1, -0.05) is 48.0 Å². The molecular weight excluding hydrogens is 250 g/mol. The third-order valence-electron chi connectivity index (χ3n) is 3.35. The highest BCUT2D eigenvalue weighted by Crippen LogP contribution is 2.49. The Morgan fingerprint density at radius 3 is 2.33 bits per heavy atom. The van der Waals surface area contributed by atoms with Crippen LogP contribution in [0.1, 0.15) is 38.2 Å². The van der Waals surface area contributed by atoms with Crippen LogP contribution in [0.15, 0.2) is 28.7 Å². The summed E-state index contributed by atoms with van der Waals surface area (Å²) >= 11 is 3.63. The van der Waals surface area contributed by atoms with Crippen LogP contribution in [0.25, 0.3) is 0 Å². The van der Waals surface area contributed by atoms with Gasteiger partial charge in [-0.15, -0.1) is 0 Å². The van der Waals surface area contributed by atoms with Crippen LogP contribution in [0, 0.1) is 5.92 Å². The maximum absolute atomic E-state index is 6.37. The van der Waals surface area contributed by atoms with E-state index < -0.39 is 0 Å². The van der Waals surface area contributed by atoms with Crippen LogP contribution in [-0.4, -0.2) is 5.54 Å². The van der Waals surface area contributed by atoms with Gasteiger partial charge in [0.25, 0.3) is 0 Å².